The number of hydrogen-bond donors (Lipinski definition) is 1. The zero-order valence-corrected chi connectivity index (χ0v) is 12.3. The van der Waals surface area contributed by atoms with Crippen LogP contribution in [0.5, 0.6) is 0 Å². The van der Waals surface area contributed by atoms with Crippen LogP contribution in [0.15, 0.2) is 11.4 Å². The molecule has 1 rings (SSSR count). The third kappa shape index (κ3) is 5.63. The van der Waals surface area contributed by atoms with Crippen molar-refractivity contribution in [1.29, 1.82) is 0 Å². The lowest BCUT2D eigenvalue weighted by molar-refractivity contribution is -0.120. The summed E-state index contributed by atoms with van der Waals surface area (Å²) in [7, 11) is 0. The predicted molar refractivity (Wildman–Crippen MR) is 72.3 cm³/mol. The van der Waals surface area contributed by atoms with Gasteiger partial charge in [-0.1, -0.05) is 11.8 Å². The number of rotatable bonds is 9. The molecule has 1 aromatic rings. The van der Waals surface area contributed by atoms with E-state index in [1.54, 1.807) is 6.92 Å². The summed E-state index contributed by atoms with van der Waals surface area (Å²) in [6.07, 6.45) is 1.20. The number of carbonyl (C=O) groups is 1. The molecule has 0 amide bonds. The van der Waals surface area contributed by atoms with Gasteiger partial charge in [0.05, 0.1) is 18.6 Å². The Morgan fingerprint density at radius 1 is 1.32 bits per heavy atom. The Morgan fingerprint density at radius 3 is 2.58 bits per heavy atom. The highest BCUT2D eigenvalue weighted by molar-refractivity contribution is 7.99. The van der Waals surface area contributed by atoms with Crippen LogP contribution in [0, 0.1) is 0 Å². The maximum absolute atomic E-state index is 11.4. The Kier molecular flexibility index (Phi) is 7.54. The fraction of sp³-hybridized carbons (Fsp3) is 0.667. The molecule has 6 nitrogen and oxygen atoms in total. The molecule has 0 fully saturated rings. The molecule has 7 heteroatoms. The fourth-order valence-electron chi connectivity index (χ4n) is 1.35. The molecule has 0 aromatic carbocycles. The Hall–Kier alpha value is -1.05. The van der Waals surface area contributed by atoms with Crippen molar-refractivity contribution < 1.29 is 19.0 Å². The average molecular weight is 288 g/mol. The molecular weight excluding hydrogens is 268 g/mol. The number of esters is 1. The summed E-state index contributed by atoms with van der Waals surface area (Å²) >= 11 is 1.44. The van der Waals surface area contributed by atoms with E-state index in [0.717, 1.165) is 0 Å². The van der Waals surface area contributed by atoms with Gasteiger partial charge in [-0.25, -0.2) is 9.78 Å². The first kappa shape index (κ1) is 16.0. The van der Waals surface area contributed by atoms with Crippen LogP contribution in [0.1, 0.15) is 31.3 Å². The van der Waals surface area contributed by atoms with Crippen LogP contribution in [0.2, 0.25) is 0 Å². The monoisotopic (exact) mass is 288 g/mol. The summed E-state index contributed by atoms with van der Waals surface area (Å²) < 4.78 is 15.7. The second-order valence-corrected chi connectivity index (χ2v) is 4.48. The maximum Gasteiger partial charge on any atom is 0.356 e. The third-order valence-corrected chi connectivity index (χ3v) is 3.03. The van der Waals surface area contributed by atoms with Crippen molar-refractivity contribution in [1.82, 2.24) is 9.97 Å². The molecule has 0 spiro atoms. The van der Waals surface area contributed by atoms with Crippen LogP contribution in [-0.4, -0.2) is 47.8 Å². The van der Waals surface area contributed by atoms with Crippen molar-refractivity contribution in [2.24, 2.45) is 0 Å². The minimum absolute atomic E-state index is 0.267. The Morgan fingerprint density at radius 2 is 2.00 bits per heavy atom. The quantitative estimate of drug-likeness (QED) is 0.426. The van der Waals surface area contributed by atoms with Crippen molar-refractivity contribution in [3.63, 3.8) is 0 Å². The van der Waals surface area contributed by atoms with Crippen molar-refractivity contribution in [3.8, 4) is 0 Å². The average Bonchev–Trinajstić information content (AvgIpc) is 2.86. The normalized spacial score (nSPS) is 10.9. The van der Waals surface area contributed by atoms with Crippen LogP contribution < -0.4 is 0 Å². The van der Waals surface area contributed by atoms with Gasteiger partial charge in [0.25, 0.3) is 0 Å². The first-order chi connectivity index (χ1) is 9.21. The van der Waals surface area contributed by atoms with Crippen LogP contribution in [0.3, 0.4) is 0 Å². The number of nitrogens with zero attached hydrogens (tertiary/aromatic N) is 1. The van der Waals surface area contributed by atoms with Gasteiger partial charge in [-0.15, -0.1) is 0 Å². The lowest BCUT2D eigenvalue weighted by Gasteiger charge is -2.15. The fourth-order valence-corrected chi connectivity index (χ4v) is 2.15. The second kappa shape index (κ2) is 8.95. The molecule has 0 saturated carbocycles. The zero-order valence-electron chi connectivity index (χ0n) is 11.5. The molecule has 0 aliphatic rings. The smallest absolute Gasteiger partial charge is 0.356 e. The molecule has 1 N–H and O–H groups in total. The number of carbonyl (C=O) groups excluding carboxylic acids is 1. The Balaban J connectivity index is 2.46. The molecule has 1 aromatic heterocycles. The number of ether oxygens (including phenoxy) is 3. The number of nitrogens with one attached hydrogen (secondary N) is 1. The van der Waals surface area contributed by atoms with Gasteiger partial charge in [0.1, 0.15) is 5.69 Å². The summed E-state index contributed by atoms with van der Waals surface area (Å²) in [4.78, 5) is 18.5. The summed E-state index contributed by atoms with van der Waals surface area (Å²) in [5, 5.41) is 0.646. The van der Waals surface area contributed by atoms with Crippen molar-refractivity contribution in [3.05, 3.63) is 11.9 Å². The number of aromatic amines is 1. The number of H-pyrrole nitrogens is 1. The topological polar surface area (TPSA) is 73.4 Å². The van der Waals surface area contributed by atoms with Gasteiger partial charge in [-0.05, 0) is 20.8 Å². The van der Waals surface area contributed by atoms with E-state index in [-0.39, 0.29) is 6.29 Å². The van der Waals surface area contributed by atoms with Gasteiger partial charge in [0.2, 0.25) is 0 Å². The minimum Gasteiger partial charge on any atom is -0.461 e. The van der Waals surface area contributed by atoms with E-state index in [4.69, 9.17) is 14.2 Å². The molecule has 19 heavy (non-hydrogen) atoms. The first-order valence-electron chi connectivity index (χ1n) is 6.29. The van der Waals surface area contributed by atoms with Crippen LogP contribution in [0.25, 0.3) is 0 Å². The van der Waals surface area contributed by atoms with E-state index in [0.29, 0.717) is 36.4 Å². The summed E-state index contributed by atoms with van der Waals surface area (Å²) in [6, 6.07) is 0. The molecule has 0 aliphatic heterocycles. The summed E-state index contributed by atoms with van der Waals surface area (Å²) in [5.41, 5.74) is 0.355. The Labute approximate surface area is 117 Å². The van der Waals surface area contributed by atoms with Gasteiger partial charge in [0, 0.05) is 13.2 Å². The van der Waals surface area contributed by atoms with Gasteiger partial charge >= 0.3 is 5.97 Å². The molecular formula is C12H20N2O4S. The van der Waals surface area contributed by atoms with Crippen molar-refractivity contribution in [2.75, 3.05) is 25.6 Å². The molecule has 108 valence electrons. The van der Waals surface area contributed by atoms with Crippen molar-refractivity contribution in [2.45, 2.75) is 32.2 Å². The standard InChI is InChI=1S/C12H20N2O4S/c1-4-16-10(17-5-2)8-19-12-13-7-9(14-12)11(15)18-6-3/h7,10H,4-6,8H2,1-3H3,(H,13,14). The number of imidazole rings is 1. The number of thioether (sulfide) groups is 1. The molecule has 0 saturated heterocycles. The highest BCUT2D eigenvalue weighted by Gasteiger charge is 2.13. The first-order valence-corrected chi connectivity index (χ1v) is 7.27. The van der Waals surface area contributed by atoms with Crippen LogP contribution in [-0.2, 0) is 14.2 Å². The molecule has 0 radical (unpaired) electrons. The van der Waals surface area contributed by atoms with Gasteiger partial charge in [-0.3, -0.25) is 0 Å². The molecule has 0 aliphatic carbocycles. The maximum atomic E-state index is 11.4. The van der Waals surface area contributed by atoms with E-state index in [2.05, 4.69) is 9.97 Å². The zero-order chi connectivity index (χ0) is 14.1. The highest BCUT2D eigenvalue weighted by atomic mass is 32.2. The molecule has 0 bridgehead atoms. The minimum atomic E-state index is -0.395. The third-order valence-electron chi connectivity index (χ3n) is 2.11. The SMILES string of the molecule is CCOC(=O)c1cnc(SCC(OCC)OCC)[nH]1. The van der Waals surface area contributed by atoms with Crippen LogP contribution >= 0.6 is 11.8 Å². The summed E-state index contributed by atoms with van der Waals surface area (Å²) in [6.45, 7) is 7.13. The van der Waals surface area contributed by atoms with Gasteiger partial charge in [-0.2, -0.15) is 0 Å². The van der Waals surface area contributed by atoms with Gasteiger partial charge < -0.3 is 19.2 Å². The number of hydrogen-bond acceptors (Lipinski definition) is 6. The molecule has 1 heterocycles. The van der Waals surface area contributed by atoms with Gasteiger partial charge in [0.15, 0.2) is 11.4 Å². The lowest BCUT2D eigenvalue weighted by Crippen LogP contribution is -2.20. The highest BCUT2D eigenvalue weighted by Crippen LogP contribution is 2.17. The largest absolute Gasteiger partial charge is 0.461 e. The second-order valence-electron chi connectivity index (χ2n) is 3.47. The molecule has 0 unspecified atom stereocenters. The lowest BCUT2D eigenvalue weighted by atomic mass is 10.5. The summed E-state index contributed by atoms with van der Waals surface area (Å²) in [5.74, 6) is 0.213. The van der Waals surface area contributed by atoms with E-state index in [1.165, 1.54) is 18.0 Å². The van der Waals surface area contributed by atoms with E-state index >= 15 is 0 Å². The van der Waals surface area contributed by atoms with Crippen LogP contribution in [0.4, 0.5) is 0 Å². The Bertz CT molecular complexity index is 378. The predicted octanol–water partition coefficient (Wildman–Crippen LogP) is 2.08. The van der Waals surface area contributed by atoms with E-state index in [1.807, 2.05) is 13.8 Å². The van der Waals surface area contributed by atoms with Crippen molar-refractivity contribution >= 4 is 17.7 Å². The number of aromatic nitrogens is 2. The molecule has 0 atom stereocenters. The van der Waals surface area contributed by atoms with E-state index in [9.17, 15) is 4.79 Å². The van der Waals surface area contributed by atoms with E-state index < -0.39 is 5.97 Å².